The van der Waals surface area contributed by atoms with Crippen LogP contribution in [0.4, 0.5) is 11.5 Å². The molecule has 4 aromatic rings. The van der Waals surface area contributed by atoms with Gasteiger partial charge in [0.2, 0.25) is 0 Å². The quantitative estimate of drug-likeness (QED) is 0.241. The second-order valence-electron chi connectivity index (χ2n) is 9.14. The Hall–Kier alpha value is -3.24. The summed E-state index contributed by atoms with van der Waals surface area (Å²) in [4.78, 5) is 14.2. The van der Waals surface area contributed by atoms with Crippen molar-refractivity contribution in [1.82, 2.24) is 19.5 Å². The Bertz CT molecular complexity index is 1330. The van der Waals surface area contributed by atoms with E-state index in [9.17, 15) is 4.57 Å². The summed E-state index contributed by atoms with van der Waals surface area (Å²) in [7, 11) is -2.34. The van der Waals surface area contributed by atoms with Gasteiger partial charge in [-0.15, -0.1) is 0 Å². The maximum atomic E-state index is 13.5. The molecule has 2 heterocycles. The van der Waals surface area contributed by atoms with E-state index in [4.69, 9.17) is 9.97 Å². The Morgan fingerprint density at radius 2 is 1.66 bits per heavy atom. The minimum absolute atomic E-state index is 0.165. The van der Waals surface area contributed by atoms with E-state index < -0.39 is 7.14 Å². The van der Waals surface area contributed by atoms with E-state index in [0.717, 1.165) is 53.2 Å². The van der Waals surface area contributed by atoms with E-state index in [-0.39, 0.29) is 5.92 Å². The number of nitrogens with one attached hydrogen (secondary N) is 1. The van der Waals surface area contributed by atoms with Gasteiger partial charge in [-0.1, -0.05) is 58.0 Å². The molecule has 0 spiro atoms. The standard InChI is InChI=1S/C28H34N5OP/c1-5-18-35(34,19-6-2)24-14-12-23(13-15-24)30-27-25-28(32-26(31-27)21(3)4)33(20-29-25)17-16-22-10-8-7-9-11-22/h7-17,20-21H,5-6,18-19H2,1-4H3,(H,30,31,32). The first-order valence-corrected chi connectivity index (χ1v) is 14.4. The first-order chi connectivity index (χ1) is 16.9. The van der Waals surface area contributed by atoms with Crippen LogP contribution in [0, 0.1) is 0 Å². The third kappa shape index (κ3) is 5.71. The summed E-state index contributed by atoms with van der Waals surface area (Å²) in [5.74, 6) is 1.59. The van der Waals surface area contributed by atoms with Crippen LogP contribution in [0.25, 0.3) is 23.4 Å². The molecule has 0 amide bonds. The van der Waals surface area contributed by atoms with Crippen molar-refractivity contribution >= 4 is 47.4 Å². The summed E-state index contributed by atoms with van der Waals surface area (Å²) in [5, 5.41) is 4.39. The van der Waals surface area contributed by atoms with Gasteiger partial charge in [-0.3, -0.25) is 4.57 Å². The molecule has 35 heavy (non-hydrogen) atoms. The van der Waals surface area contributed by atoms with Crippen molar-refractivity contribution in [3.05, 3.63) is 72.3 Å². The van der Waals surface area contributed by atoms with Gasteiger partial charge >= 0.3 is 0 Å². The fourth-order valence-corrected chi connectivity index (χ4v) is 7.04. The number of hydrogen-bond donors (Lipinski definition) is 1. The molecule has 1 N–H and O–H groups in total. The lowest BCUT2D eigenvalue weighted by molar-refractivity contribution is 0.579. The highest BCUT2D eigenvalue weighted by molar-refractivity contribution is 7.71. The van der Waals surface area contributed by atoms with Crippen LogP contribution in [-0.2, 0) is 4.57 Å². The van der Waals surface area contributed by atoms with Gasteiger partial charge in [0.1, 0.15) is 19.3 Å². The number of imidazole rings is 1. The first-order valence-electron chi connectivity index (χ1n) is 12.4. The van der Waals surface area contributed by atoms with Gasteiger partial charge in [0.25, 0.3) is 0 Å². The molecule has 0 unspecified atom stereocenters. The predicted molar refractivity (Wildman–Crippen MR) is 148 cm³/mol. The van der Waals surface area contributed by atoms with Crippen molar-refractivity contribution in [1.29, 1.82) is 0 Å². The van der Waals surface area contributed by atoms with Gasteiger partial charge in [-0.2, -0.15) is 0 Å². The van der Waals surface area contributed by atoms with Gasteiger partial charge in [-0.25, -0.2) is 15.0 Å². The topological polar surface area (TPSA) is 72.7 Å². The van der Waals surface area contributed by atoms with Crippen molar-refractivity contribution < 1.29 is 4.57 Å². The molecular formula is C28H34N5OP. The molecule has 6 nitrogen and oxygen atoms in total. The highest BCUT2D eigenvalue weighted by atomic mass is 31.2. The Kier molecular flexibility index (Phi) is 7.82. The smallest absolute Gasteiger partial charge is 0.169 e. The molecule has 2 aromatic heterocycles. The normalized spacial score (nSPS) is 12.1. The van der Waals surface area contributed by atoms with E-state index in [0.29, 0.717) is 11.3 Å². The van der Waals surface area contributed by atoms with Crippen molar-refractivity contribution in [3.8, 4) is 0 Å². The van der Waals surface area contributed by atoms with Crippen LogP contribution in [0.5, 0.6) is 0 Å². The zero-order valence-electron chi connectivity index (χ0n) is 21.0. The molecule has 0 bridgehead atoms. The molecule has 4 rings (SSSR count). The molecule has 0 aliphatic heterocycles. The van der Waals surface area contributed by atoms with Crippen LogP contribution < -0.4 is 10.6 Å². The zero-order chi connectivity index (χ0) is 24.8. The molecule has 0 radical (unpaired) electrons. The highest BCUT2D eigenvalue weighted by Crippen LogP contribution is 2.45. The van der Waals surface area contributed by atoms with Crippen molar-refractivity contribution in [2.24, 2.45) is 0 Å². The zero-order valence-corrected chi connectivity index (χ0v) is 21.9. The molecule has 0 fully saturated rings. The van der Waals surface area contributed by atoms with Gasteiger partial charge < -0.3 is 9.88 Å². The third-order valence-corrected chi connectivity index (χ3v) is 9.53. The van der Waals surface area contributed by atoms with Crippen molar-refractivity contribution in [2.75, 3.05) is 17.6 Å². The summed E-state index contributed by atoms with van der Waals surface area (Å²) in [6.07, 6.45) is 9.14. The lowest BCUT2D eigenvalue weighted by atomic mass is 10.2. The summed E-state index contributed by atoms with van der Waals surface area (Å²) < 4.78 is 15.4. The lowest BCUT2D eigenvalue weighted by Gasteiger charge is -2.18. The molecule has 0 saturated heterocycles. The summed E-state index contributed by atoms with van der Waals surface area (Å²) in [6.45, 7) is 8.36. The predicted octanol–water partition coefficient (Wildman–Crippen LogP) is 7.13. The molecule has 0 aliphatic carbocycles. The average molecular weight is 488 g/mol. The first kappa shape index (κ1) is 24.9. The fraction of sp³-hybridized carbons (Fsp3) is 0.321. The molecule has 0 atom stereocenters. The summed E-state index contributed by atoms with van der Waals surface area (Å²) in [5.41, 5.74) is 3.45. The summed E-state index contributed by atoms with van der Waals surface area (Å²) in [6, 6.07) is 18.1. The van der Waals surface area contributed by atoms with Crippen LogP contribution in [0.3, 0.4) is 0 Å². The monoisotopic (exact) mass is 487 g/mol. The number of rotatable bonds is 10. The Balaban J connectivity index is 1.67. The van der Waals surface area contributed by atoms with E-state index in [1.807, 2.05) is 59.3 Å². The number of anilines is 2. The van der Waals surface area contributed by atoms with E-state index >= 15 is 0 Å². The van der Waals surface area contributed by atoms with Crippen LogP contribution in [-0.4, -0.2) is 31.8 Å². The summed E-state index contributed by atoms with van der Waals surface area (Å²) >= 11 is 0. The number of nitrogens with zero attached hydrogens (tertiary/aromatic N) is 4. The molecule has 2 aromatic carbocycles. The van der Waals surface area contributed by atoms with Gasteiger partial charge in [0.05, 0.1) is 0 Å². The van der Waals surface area contributed by atoms with Crippen LogP contribution in [0.15, 0.2) is 60.9 Å². The maximum absolute atomic E-state index is 13.5. The third-order valence-electron chi connectivity index (χ3n) is 5.95. The van der Waals surface area contributed by atoms with Crippen molar-refractivity contribution in [2.45, 2.75) is 46.5 Å². The molecule has 0 aliphatic rings. The van der Waals surface area contributed by atoms with Crippen LogP contribution in [0.2, 0.25) is 0 Å². The highest BCUT2D eigenvalue weighted by Gasteiger charge is 2.22. The van der Waals surface area contributed by atoms with Crippen molar-refractivity contribution in [3.63, 3.8) is 0 Å². The molecular weight excluding hydrogens is 453 g/mol. The second kappa shape index (κ2) is 11.0. The van der Waals surface area contributed by atoms with Gasteiger partial charge in [-0.05, 0) is 48.7 Å². The number of aromatic nitrogens is 4. The van der Waals surface area contributed by atoms with E-state index in [1.165, 1.54) is 0 Å². The number of benzene rings is 2. The SMILES string of the molecule is CCCP(=O)(CCC)c1ccc(Nc2nc(C(C)C)nc3c2ncn3C=Cc2ccccc2)cc1. The lowest BCUT2D eigenvalue weighted by Crippen LogP contribution is -2.11. The van der Waals surface area contributed by atoms with Gasteiger partial charge in [0.15, 0.2) is 17.0 Å². The number of hydrogen-bond acceptors (Lipinski definition) is 5. The largest absolute Gasteiger partial charge is 0.338 e. The maximum Gasteiger partial charge on any atom is 0.169 e. The van der Waals surface area contributed by atoms with Gasteiger partial charge in [0, 0.05) is 35.4 Å². The Morgan fingerprint density at radius 3 is 2.29 bits per heavy atom. The minimum atomic E-state index is -2.34. The Labute approximate surface area is 207 Å². The second-order valence-corrected chi connectivity index (χ2v) is 12.3. The molecule has 0 saturated carbocycles. The fourth-order valence-electron chi connectivity index (χ4n) is 4.16. The molecule has 7 heteroatoms. The van der Waals surface area contributed by atoms with Crippen LogP contribution >= 0.6 is 7.14 Å². The molecule has 182 valence electrons. The Morgan fingerprint density at radius 1 is 0.971 bits per heavy atom. The minimum Gasteiger partial charge on any atom is -0.338 e. The van der Waals surface area contributed by atoms with E-state index in [1.54, 1.807) is 6.33 Å². The van der Waals surface area contributed by atoms with Crippen LogP contribution in [0.1, 0.15) is 57.8 Å². The van der Waals surface area contributed by atoms with E-state index in [2.05, 4.69) is 50.1 Å². The number of fused-ring (bicyclic) bond motifs is 1. The average Bonchev–Trinajstić information content (AvgIpc) is 3.27.